The maximum absolute atomic E-state index is 12.5. The molecule has 0 atom stereocenters. The van der Waals surface area contributed by atoms with Crippen LogP contribution < -0.4 is 0 Å². The van der Waals surface area contributed by atoms with Gasteiger partial charge in [0.1, 0.15) is 0 Å². The van der Waals surface area contributed by atoms with Gasteiger partial charge in [0.2, 0.25) is 10.0 Å². The van der Waals surface area contributed by atoms with Gasteiger partial charge in [0.15, 0.2) is 0 Å². The molecule has 1 rings (SSSR count). The van der Waals surface area contributed by atoms with Crippen molar-refractivity contribution in [1.29, 1.82) is 0 Å². The van der Waals surface area contributed by atoms with E-state index in [0.717, 1.165) is 4.31 Å². The van der Waals surface area contributed by atoms with E-state index in [1.807, 2.05) is 0 Å². The molecular formula is C16H22N2O5S. The number of sulfonamides is 1. The summed E-state index contributed by atoms with van der Waals surface area (Å²) in [6.07, 6.45) is 1.63. The Balaban J connectivity index is 2.95. The number of hydrogen-bond acceptors (Lipinski definition) is 5. The molecule has 1 aromatic rings. The molecule has 0 aromatic heterocycles. The molecule has 132 valence electrons. The third-order valence-corrected chi connectivity index (χ3v) is 5.16. The zero-order chi connectivity index (χ0) is 18.3. The summed E-state index contributed by atoms with van der Waals surface area (Å²) in [5.74, 6) is -0.725. The standard InChI is InChI=1S/C16H22N2O5S/c1-5-11-18(12-10-15(19)23-4)16(20)13-6-8-14(9-7-13)24(21,22)17(2)3/h5-9H,1,10-12H2,2-4H3. The van der Waals surface area contributed by atoms with Crippen molar-refractivity contribution >= 4 is 21.9 Å². The SMILES string of the molecule is C=CCN(CCC(=O)OC)C(=O)c1ccc(S(=O)(=O)N(C)C)cc1. The van der Waals surface area contributed by atoms with Crippen LogP contribution in [0.3, 0.4) is 0 Å². The van der Waals surface area contributed by atoms with Crippen LogP contribution >= 0.6 is 0 Å². The van der Waals surface area contributed by atoms with Crippen LogP contribution in [0.2, 0.25) is 0 Å². The number of esters is 1. The number of ether oxygens (including phenoxy) is 1. The molecule has 8 heteroatoms. The molecule has 7 nitrogen and oxygen atoms in total. The third kappa shape index (κ3) is 4.90. The first kappa shape index (κ1) is 19.9. The fourth-order valence-corrected chi connectivity index (χ4v) is 2.82. The fourth-order valence-electron chi connectivity index (χ4n) is 1.92. The Hall–Kier alpha value is -2.19. The molecule has 24 heavy (non-hydrogen) atoms. The maximum Gasteiger partial charge on any atom is 0.307 e. The molecule has 0 aliphatic rings. The van der Waals surface area contributed by atoms with E-state index in [0.29, 0.717) is 5.56 Å². The summed E-state index contributed by atoms with van der Waals surface area (Å²) in [6.45, 7) is 4.06. The number of carbonyl (C=O) groups excluding carboxylic acids is 2. The maximum atomic E-state index is 12.5. The highest BCUT2D eigenvalue weighted by Crippen LogP contribution is 2.15. The van der Waals surface area contributed by atoms with Crippen LogP contribution in [0, 0.1) is 0 Å². The number of amides is 1. The highest BCUT2D eigenvalue weighted by atomic mass is 32.2. The Bertz CT molecular complexity index is 696. The fraction of sp³-hybridized carbons (Fsp3) is 0.375. The Labute approximate surface area is 142 Å². The number of carbonyl (C=O) groups is 2. The van der Waals surface area contributed by atoms with Crippen molar-refractivity contribution in [3.05, 3.63) is 42.5 Å². The lowest BCUT2D eigenvalue weighted by molar-refractivity contribution is -0.140. The molecule has 0 saturated carbocycles. The minimum absolute atomic E-state index is 0.0726. The first-order valence-electron chi connectivity index (χ1n) is 7.23. The monoisotopic (exact) mass is 354 g/mol. The van der Waals surface area contributed by atoms with E-state index < -0.39 is 16.0 Å². The summed E-state index contributed by atoms with van der Waals surface area (Å²) in [6, 6.07) is 5.67. The second kappa shape index (κ2) is 8.60. The molecule has 0 saturated heterocycles. The Morgan fingerprint density at radius 2 is 1.79 bits per heavy atom. The van der Waals surface area contributed by atoms with E-state index in [2.05, 4.69) is 11.3 Å². The lowest BCUT2D eigenvalue weighted by Gasteiger charge is -2.21. The van der Waals surface area contributed by atoms with Crippen molar-refractivity contribution in [1.82, 2.24) is 9.21 Å². The molecule has 1 amide bonds. The Morgan fingerprint density at radius 3 is 2.25 bits per heavy atom. The number of hydrogen-bond donors (Lipinski definition) is 0. The van der Waals surface area contributed by atoms with Crippen LogP contribution in [0.4, 0.5) is 0 Å². The summed E-state index contributed by atoms with van der Waals surface area (Å²) in [7, 11) is 0.615. The average molecular weight is 354 g/mol. The quantitative estimate of drug-likeness (QED) is 0.516. The molecule has 1 aromatic carbocycles. The molecule has 0 unspecified atom stereocenters. The molecule has 0 aliphatic carbocycles. The summed E-state index contributed by atoms with van der Waals surface area (Å²) in [5, 5.41) is 0. The molecule has 0 fully saturated rings. The van der Waals surface area contributed by atoms with Crippen molar-refractivity contribution in [2.45, 2.75) is 11.3 Å². The average Bonchev–Trinajstić information content (AvgIpc) is 2.57. The van der Waals surface area contributed by atoms with Crippen molar-refractivity contribution in [3.63, 3.8) is 0 Å². The predicted molar refractivity (Wildman–Crippen MR) is 90.0 cm³/mol. The molecule has 0 spiro atoms. The van der Waals surface area contributed by atoms with Gasteiger partial charge in [-0.2, -0.15) is 0 Å². The minimum Gasteiger partial charge on any atom is -0.469 e. The van der Waals surface area contributed by atoms with Gasteiger partial charge in [-0.3, -0.25) is 9.59 Å². The van der Waals surface area contributed by atoms with Gasteiger partial charge in [-0.05, 0) is 24.3 Å². The lowest BCUT2D eigenvalue weighted by atomic mass is 10.2. The highest BCUT2D eigenvalue weighted by Gasteiger charge is 2.20. The van der Waals surface area contributed by atoms with E-state index in [9.17, 15) is 18.0 Å². The van der Waals surface area contributed by atoms with Crippen LogP contribution in [-0.4, -0.2) is 63.8 Å². The number of methoxy groups -OCH3 is 1. The van der Waals surface area contributed by atoms with Crippen molar-refractivity contribution in [2.75, 3.05) is 34.3 Å². The van der Waals surface area contributed by atoms with Gasteiger partial charge in [0.05, 0.1) is 18.4 Å². The summed E-state index contributed by atoms with van der Waals surface area (Å²) in [5.41, 5.74) is 0.333. The molecule has 0 aliphatic heterocycles. The van der Waals surface area contributed by atoms with Gasteiger partial charge >= 0.3 is 5.97 Å². The molecule has 0 bridgehead atoms. The van der Waals surface area contributed by atoms with Crippen LogP contribution in [0.1, 0.15) is 16.8 Å². The number of nitrogens with zero attached hydrogens (tertiary/aromatic N) is 2. The summed E-state index contributed by atoms with van der Waals surface area (Å²) >= 11 is 0. The first-order chi connectivity index (χ1) is 11.2. The van der Waals surface area contributed by atoms with E-state index in [1.165, 1.54) is 50.4 Å². The Kier molecular flexibility index (Phi) is 7.12. The lowest BCUT2D eigenvalue weighted by Crippen LogP contribution is -2.33. The van der Waals surface area contributed by atoms with Crippen molar-refractivity contribution in [3.8, 4) is 0 Å². The largest absolute Gasteiger partial charge is 0.469 e. The second-order valence-electron chi connectivity index (χ2n) is 5.18. The van der Waals surface area contributed by atoms with E-state index in [4.69, 9.17) is 0 Å². The molecule has 0 N–H and O–H groups in total. The third-order valence-electron chi connectivity index (χ3n) is 3.33. The van der Waals surface area contributed by atoms with Crippen LogP contribution in [-0.2, 0) is 19.6 Å². The van der Waals surface area contributed by atoms with Crippen molar-refractivity contribution in [2.24, 2.45) is 0 Å². The van der Waals surface area contributed by atoms with Crippen LogP contribution in [0.15, 0.2) is 41.8 Å². The molecular weight excluding hydrogens is 332 g/mol. The normalized spacial score (nSPS) is 11.2. The number of rotatable bonds is 8. The summed E-state index contributed by atoms with van der Waals surface area (Å²) < 4.78 is 29.7. The van der Waals surface area contributed by atoms with Crippen LogP contribution in [0.5, 0.6) is 0 Å². The van der Waals surface area contributed by atoms with E-state index in [1.54, 1.807) is 6.08 Å². The second-order valence-corrected chi connectivity index (χ2v) is 7.33. The van der Waals surface area contributed by atoms with Crippen molar-refractivity contribution < 1.29 is 22.7 Å². The molecule has 0 heterocycles. The van der Waals surface area contributed by atoms with Gasteiger partial charge in [0.25, 0.3) is 5.91 Å². The zero-order valence-electron chi connectivity index (χ0n) is 14.1. The van der Waals surface area contributed by atoms with Gasteiger partial charge < -0.3 is 9.64 Å². The van der Waals surface area contributed by atoms with Crippen LogP contribution in [0.25, 0.3) is 0 Å². The molecule has 0 radical (unpaired) electrons. The zero-order valence-corrected chi connectivity index (χ0v) is 14.9. The number of benzene rings is 1. The van der Waals surface area contributed by atoms with Gasteiger partial charge in [0, 0.05) is 32.7 Å². The van der Waals surface area contributed by atoms with Gasteiger partial charge in [-0.1, -0.05) is 6.08 Å². The topological polar surface area (TPSA) is 84.0 Å². The first-order valence-corrected chi connectivity index (χ1v) is 8.67. The van der Waals surface area contributed by atoms with E-state index in [-0.39, 0.29) is 30.3 Å². The highest BCUT2D eigenvalue weighted by molar-refractivity contribution is 7.89. The Morgan fingerprint density at radius 1 is 1.21 bits per heavy atom. The minimum atomic E-state index is -3.54. The predicted octanol–water partition coefficient (Wildman–Crippen LogP) is 1.13. The van der Waals surface area contributed by atoms with Gasteiger partial charge in [-0.25, -0.2) is 12.7 Å². The van der Waals surface area contributed by atoms with Gasteiger partial charge in [-0.15, -0.1) is 6.58 Å². The van der Waals surface area contributed by atoms with E-state index >= 15 is 0 Å². The smallest absolute Gasteiger partial charge is 0.307 e. The summed E-state index contributed by atoms with van der Waals surface area (Å²) in [4.78, 5) is 25.3.